The van der Waals surface area contributed by atoms with E-state index in [1.165, 1.54) is 5.56 Å². The summed E-state index contributed by atoms with van der Waals surface area (Å²) in [6, 6.07) is 13.7. The SMILES string of the molecule is NCc1ccc2c(c1)C1(CCN(C(=O)/C=C/c3ccc(Cl)cc3)CC1)CO2. The Hall–Kier alpha value is -2.30. The maximum absolute atomic E-state index is 12.6. The summed E-state index contributed by atoms with van der Waals surface area (Å²) in [4.78, 5) is 14.5. The van der Waals surface area contributed by atoms with Gasteiger partial charge in [-0.2, -0.15) is 0 Å². The molecule has 0 aromatic heterocycles. The normalized spacial score (nSPS) is 17.9. The maximum Gasteiger partial charge on any atom is 0.246 e. The van der Waals surface area contributed by atoms with Crippen LogP contribution in [-0.4, -0.2) is 30.5 Å². The van der Waals surface area contributed by atoms with E-state index in [0.29, 0.717) is 18.2 Å². The molecule has 0 atom stereocenters. The maximum atomic E-state index is 12.6. The summed E-state index contributed by atoms with van der Waals surface area (Å²) in [7, 11) is 0. The first kappa shape index (κ1) is 18.1. The van der Waals surface area contributed by atoms with Gasteiger partial charge in [-0.15, -0.1) is 0 Å². The largest absolute Gasteiger partial charge is 0.492 e. The molecule has 2 aromatic carbocycles. The Morgan fingerprint density at radius 1 is 1.19 bits per heavy atom. The number of rotatable bonds is 3. The first-order valence-corrected chi connectivity index (χ1v) is 9.66. The molecule has 1 spiro atoms. The van der Waals surface area contributed by atoms with Gasteiger partial charge in [-0.25, -0.2) is 0 Å². The van der Waals surface area contributed by atoms with Crippen LogP contribution >= 0.6 is 11.6 Å². The fraction of sp³-hybridized carbons (Fsp3) is 0.318. The van der Waals surface area contributed by atoms with Crippen molar-refractivity contribution in [3.8, 4) is 5.75 Å². The average molecular weight is 383 g/mol. The summed E-state index contributed by atoms with van der Waals surface area (Å²) < 4.78 is 5.93. The summed E-state index contributed by atoms with van der Waals surface area (Å²) in [5.41, 5.74) is 9.17. The number of halogens is 1. The van der Waals surface area contributed by atoms with Crippen LogP contribution in [0.15, 0.2) is 48.5 Å². The molecule has 1 saturated heterocycles. The van der Waals surface area contributed by atoms with Crippen LogP contribution in [0.3, 0.4) is 0 Å². The van der Waals surface area contributed by atoms with Crippen molar-refractivity contribution in [1.29, 1.82) is 0 Å². The highest BCUT2D eigenvalue weighted by Crippen LogP contribution is 2.45. The van der Waals surface area contributed by atoms with Crippen LogP contribution in [0, 0.1) is 0 Å². The van der Waals surface area contributed by atoms with Crippen LogP contribution < -0.4 is 10.5 Å². The summed E-state index contributed by atoms with van der Waals surface area (Å²) in [5.74, 6) is 1.02. The number of benzene rings is 2. The molecule has 0 bridgehead atoms. The highest BCUT2D eigenvalue weighted by molar-refractivity contribution is 6.30. The second-order valence-corrected chi connectivity index (χ2v) is 7.75. The average Bonchev–Trinajstić information content (AvgIpc) is 3.05. The molecule has 1 amide bonds. The van der Waals surface area contributed by atoms with Crippen molar-refractivity contribution >= 4 is 23.6 Å². The van der Waals surface area contributed by atoms with Gasteiger partial charge in [0.15, 0.2) is 0 Å². The van der Waals surface area contributed by atoms with Crippen molar-refractivity contribution in [3.05, 3.63) is 70.3 Å². The molecule has 5 heteroatoms. The summed E-state index contributed by atoms with van der Waals surface area (Å²) in [6.07, 6.45) is 5.31. The van der Waals surface area contributed by atoms with Gasteiger partial charge in [0.05, 0.1) is 6.61 Å². The lowest BCUT2D eigenvalue weighted by atomic mass is 9.74. The molecule has 0 saturated carbocycles. The zero-order valence-corrected chi connectivity index (χ0v) is 15.9. The number of carbonyl (C=O) groups excluding carboxylic acids is 1. The lowest BCUT2D eigenvalue weighted by Crippen LogP contribution is -2.45. The lowest BCUT2D eigenvalue weighted by Gasteiger charge is -2.38. The van der Waals surface area contributed by atoms with E-state index in [9.17, 15) is 4.79 Å². The van der Waals surface area contributed by atoms with Crippen LogP contribution in [-0.2, 0) is 16.8 Å². The Kier molecular flexibility index (Phi) is 4.94. The second kappa shape index (κ2) is 7.37. The van der Waals surface area contributed by atoms with E-state index in [1.807, 2.05) is 47.4 Å². The predicted molar refractivity (Wildman–Crippen MR) is 108 cm³/mol. The Balaban J connectivity index is 1.42. The molecule has 27 heavy (non-hydrogen) atoms. The third kappa shape index (κ3) is 3.60. The van der Waals surface area contributed by atoms with Crippen LogP contribution in [0.25, 0.3) is 6.08 Å². The minimum absolute atomic E-state index is 0.0111. The van der Waals surface area contributed by atoms with Gasteiger partial charge < -0.3 is 15.4 Å². The quantitative estimate of drug-likeness (QED) is 0.822. The summed E-state index contributed by atoms with van der Waals surface area (Å²) in [6.45, 7) is 2.70. The number of amides is 1. The monoisotopic (exact) mass is 382 g/mol. The molecule has 0 radical (unpaired) electrons. The lowest BCUT2D eigenvalue weighted by molar-refractivity contribution is -0.127. The van der Waals surface area contributed by atoms with E-state index in [0.717, 1.165) is 42.8 Å². The molecule has 2 N–H and O–H groups in total. The number of hydrogen-bond donors (Lipinski definition) is 1. The zero-order chi connectivity index (χ0) is 18.9. The number of ether oxygens (including phenoxy) is 1. The number of hydrogen-bond acceptors (Lipinski definition) is 3. The molecule has 2 aliphatic heterocycles. The van der Waals surface area contributed by atoms with Crippen molar-refractivity contribution < 1.29 is 9.53 Å². The third-order valence-electron chi connectivity index (χ3n) is 5.68. The van der Waals surface area contributed by atoms with E-state index in [1.54, 1.807) is 6.08 Å². The number of carbonyl (C=O) groups is 1. The van der Waals surface area contributed by atoms with Crippen LogP contribution in [0.1, 0.15) is 29.5 Å². The number of fused-ring (bicyclic) bond motifs is 2. The minimum atomic E-state index is 0.0111. The van der Waals surface area contributed by atoms with E-state index < -0.39 is 0 Å². The van der Waals surface area contributed by atoms with E-state index in [4.69, 9.17) is 22.1 Å². The van der Waals surface area contributed by atoms with Gasteiger partial charge in [-0.05, 0) is 48.2 Å². The molecule has 140 valence electrons. The van der Waals surface area contributed by atoms with Crippen LogP contribution in [0.4, 0.5) is 0 Å². The van der Waals surface area contributed by atoms with E-state index in [-0.39, 0.29) is 11.3 Å². The topological polar surface area (TPSA) is 55.6 Å². The van der Waals surface area contributed by atoms with Gasteiger partial charge >= 0.3 is 0 Å². The molecule has 4 rings (SSSR count). The first-order valence-electron chi connectivity index (χ1n) is 9.28. The minimum Gasteiger partial charge on any atom is -0.492 e. The Bertz CT molecular complexity index is 868. The third-order valence-corrected chi connectivity index (χ3v) is 5.93. The Labute approximate surface area is 164 Å². The van der Waals surface area contributed by atoms with Gasteiger partial charge in [0.1, 0.15) is 5.75 Å². The van der Waals surface area contributed by atoms with Gasteiger partial charge in [0, 0.05) is 41.7 Å². The highest BCUT2D eigenvalue weighted by atomic mass is 35.5. The summed E-state index contributed by atoms with van der Waals surface area (Å²) in [5, 5.41) is 0.691. The molecule has 2 heterocycles. The molecule has 0 unspecified atom stereocenters. The fourth-order valence-corrected chi connectivity index (χ4v) is 4.08. The predicted octanol–water partition coefficient (Wildman–Crippen LogP) is 3.76. The van der Waals surface area contributed by atoms with Crippen molar-refractivity contribution in [3.63, 3.8) is 0 Å². The standard InChI is InChI=1S/C22H23ClN2O2/c23-18-5-1-16(2-6-18)4-8-21(26)25-11-9-22(10-12-25)15-27-20-7-3-17(14-24)13-19(20)22/h1-8,13H,9-12,14-15,24H2/b8-4+. The molecule has 1 fully saturated rings. The molecular weight excluding hydrogens is 360 g/mol. The molecule has 4 nitrogen and oxygen atoms in total. The number of nitrogens with two attached hydrogens (primary N) is 1. The molecular formula is C22H23ClN2O2. The number of piperidine rings is 1. The van der Waals surface area contributed by atoms with E-state index >= 15 is 0 Å². The number of nitrogens with zero attached hydrogens (tertiary/aromatic N) is 1. The van der Waals surface area contributed by atoms with Crippen LogP contribution in [0.2, 0.25) is 5.02 Å². The van der Waals surface area contributed by atoms with Gasteiger partial charge in [-0.3, -0.25) is 4.79 Å². The molecule has 2 aromatic rings. The first-order chi connectivity index (χ1) is 13.1. The van der Waals surface area contributed by atoms with E-state index in [2.05, 4.69) is 6.07 Å². The van der Waals surface area contributed by atoms with Crippen molar-refractivity contribution in [2.45, 2.75) is 24.8 Å². The smallest absolute Gasteiger partial charge is 0.246 e. The summed E-state index contributed by atoms with van der Waals surface area (Å²) >= 11 is 5.89. The fourth-order valence-electron chi connectivity index (χ4n) is 3.95. The van der Waals surface area contributed by atoms with Gasteiger partial charge in [0.2, 0.25) is 5.91 Å². The molecule has 0 aliphatic carbocycles. The Morgan fingerprint density at radius 3 is 2.63 bits per heavy atom. The van der Waals surface area contributed by atoms with Crippen molar-refractivity contribution in [1.82, 2.24) is 4.90 Å². The van der Waals surface area contributed by atoms with Gasteiger partial charge in [0.25, 0.3) is 0 Å². The zero-order valence-electron chi connectivity index (χ0n) is 15.2. The van der Waals surface area contributed by atoms with Crippen molar-refractivity contribution in [2.24, 2.45) is 5.73 Å². The molecule has 2 aliphatic rings. The highest BCUT2D eigenvalue weighted by Gasteiger charge is 2.43. The van der Waals surface area contributed by atoms with Gasteiger partial charge in [-0.1, -0.05) is 35.9 Å². The second-order valence-electron chi connectivity index (χ2n) is 7.31. The van der Waals surface area contributed by atoms with Crippen molar-refractivity contribution in [2.75, 3.05) is 19.7 Å². The number of likely N-dealkylation sites (tertiary alicyclic amines) is 1. The van der Waals surface area contributed by atoms with Crippen LogP contribution in [0.5, 0.6) is 5.75 Å². The Morgan fingerprint density at radius 2 is 1.93 bits per heavy atom.